The first-order valence-electron chi connectivity index (χ1n) is 6.41. The Kier molecular flexibility index (Phi) is 3.25. The van der Waals surface area contributed by atoms with E-state index in [1.807, 2.05) is 31.2 Å². The number of ether oxygens (including phenoxy) is 1. The Hall–Kier alpha value is -2.93. The number of nitrogens with zero attached hydrogens (tertiary/aromatic N) is 2. The highest BCUT2D eigenvalue weighted by Crippen LogP contribution is 2.29. The van der Waals surface area contributed by atoms with E-state index >= 15 is 0 Å². The Labute approximate surface area is 121 Å². The van der Waals surface area contributed by atoms with Gasteiger partial charge in [-0.05, 0) is 30.7 Å². The fourth-order valence-electron chi connectivity index (χ4n) is 2.04. The zero-order chi connectivity index (χ0) is 14.8. The molecule has 102 valence electrons. The molecule has 0 amide bonds. The quantitative estimate of drug-likeness (QED) is 0.700. The lowest BCUT2D eigenvalue weighted by Gasteiger charge is -2.10. The lowest BCUT2D eigenvalue weighted by atomic mass is 10.1. The van der Waals surface area contributed by atoms with Gasteiger partial charge < -0.3 is 4.74 Å². The van der Waals surface area contributed by atoms with Gasteiger partial charge in [-0.3, -0.25) is 0 Å². The summed E-state index contributed by atoms with van der Waals surface area (Å²) in [5.74, 6) is 0.147. The molecule has 0 atom stereocenters. The van der Waals surface area contributed by atoms with Gasteiger partial charge in [0.05, 0.1) is 5.52 Å². The predicted octanol–water partition coefficient (Wildman–Crippen LogP) is 4.35. The number of fused-ring (bicyclic) bond motifs is 1. The molecule has 0 unspecified atom stereocenters. The van der Waals surface area contributed by atoms with Gasteiger partial charge in [-0.25, -0.2) is 9.37 Å². The van der Waals surface area contributed by atoms with Crippen LogP contribution in [0.4, 0.5) is 4.39 Å². The van der Waals surface area contributed by atoms with Gasteiger partial charge in [0.2, 0.25) is 5.88 Å². The van der Waals surface area contributed by atoms with Crippen LogP contribution in [0.1, 0.15) is 11.1 Å². The van der Waals surface area contributed by atoms with Crippen molar-refractivity contribution in [1.29, 1.82) is 5.26 Å². The van der Waals surface area contributed by atoms with Crippen LogP contribution in [0.2, 0.25) is 0 Å². The molecular weight excluding hydrogens is 267 g/mol. The topological polar surface area (TPSA) is 45.9 Å². The van der Waals surface area contributed by atoms with Crippen LogP contribution in [0.3, 0.4) is 0 Å². The average molecular weight is 278 g/mol. The number of aryl methyl sites for hydroxylation is 1. The van der Waals surface area contributed by atoms with E-state index in [0.717, 1.165) is 16.5 Å². The fraction of sp³-hybridized carbons (Fsp3) is 0.0588. The van der Waals surface area contributed by atoms with E-state index in [0.29, 0.717) is 11.3 Å². The van der Waals surface area contributed by atoms with E-state index in [1.54, 1.807) is 12.1 Å². The van der Waals surface area contributed by atoms with Crippen LogP contribution in [0.5, 0.6) is 11.6 Å². The summed E-state index contributed by atoms with van der Waals surface area (Å²) in [4.78, 5) is 4.34. The molecule has 2 aromatic carbocycles. The van der Waals surface area contributed by atoms with Crippen molar-refractivity contribution >= 4 is 10.9 Å². The van der Waals surface area contributed by atoms with Gasteiger partial charge in [-0.1, -0.05) is 24.3 Å². The van der Waals surface area contributed by atoms with Crippen molar-refractivity contribution in [3.63, 3.8) is 0 Å². The van der Waals surface area contributed by atoms with E-state index in [4.69, 9.17) is 4.74 Å². The molecule has 0 N–H and O–H groups in total. The predicted molar refractivity (Wildman–Crippen MR) is 77.7 cm³/mol. The maximum Gasteiger partial charge on any atom is 0.237 e. The van der Waals surface area contributed by atoms with Crippen molar-refractivity contribution in [1.82, 2.24) is 4.98 Å². The minimum absolute atomic E-state index is 0.185. The highest BCUT2D eigenvalue weighted by Gasteiger charge is 2.11. The van der Waals surface area contributed by atoms with Crippen molar-refractivity contribution in [2.45, 2.75) is 6.92 Å². The number of benzene rings is 2. The normalized spacial score (nSPS) is 10.3. The van der Waals surface area contributed by atoms with E-state index < -0.39 is 5.82 Å². The SMILES string of the molecule is Cc1ccc(F)cc1Oc1nc2ccccc2cc1C#N. The summed E-state index contributed by atoms with van der Waals surface area (Å²) in [6.07, 6.45) is 0. The minimum Gasteiger partial charge on any atom is -0.437 e. The Bertz CT molecular complexity index is 868. The molecule has 3 aromatic rings. The maximum absolute atomic E-state index is 13.3. The van der Waals surface area contributed by atoms with Gasteiger partial charge in [0.25, 0.3) is 0 Å². The van der Waals surface area contributed by atoms with Crippen LogP contribution in [0.15, 0.2) is 48.5 Å². The van der Waals surface area contributed by atoms with Gasteiger partial charge in [0.15, 0.2) is 0 Å². The smallest absolute Gasteiger partial charge is 0.237 e. The largest absolute Gasteiger partial charge is 0.437 e. The number of nitriles is 1. The van der Waals surface area contributed by atoms with Gasteiger partial charge in [-0.2, -0.15) is 5.26 Å². The maximum atomic E-state index is 13.3. The summed E-state index contributed by atoms with van der Waals surface area (Å²) in [6.45, 7) is 1.81. The number of pyridine rings is 1. The van der Waals surface area contributed by atoms with Crippen molar-refractivity contribution < 1.29 is 9.13 Å². The second-order valence-electron chi connectivity index (χ2n) is 4.66. The Morgan fingerprint density at radius 2 is 1.95 bits per heavy atom. The molecular formula is C17H11FN2O. The third-order valence-electron chi connectivity index (χ3n) is 3.17. The molecule has 21 heavy (non-hydrogen) atoms. The summed E-state index contributed by atoms with van der Waals surface area (Å²) in [6, 6.07) is 15.5. The number of rotatable bonds is 2. The molecule has 0 bridgehead atoms. The first-order valence-corrected chi connectivity index (χ1v) is 6.41. The fourth-order valence-corrected chi connectivity index (χ4v) is 2.04. The highest BCUT2D eigenvalue weighted by molar-refractivity contribution is 5.81. The zero-order valence-electron chi connectivity index (χ0n) is 11.3. The molecule has 3 rings (SSSR count). The third-order valence-corrected chi connectivity index (χ3v) is 3.17. The lowest BCUT2D eigenvalue weighted by molar-refractivity contribution is 0.455. The summed E-state index contributed by atoms with van der Waals surface area (Å²) in [7, 11) is 0. The second-order valence-corrected chi connectivity index (χ2v) is 4.66. The summed E-state index contributed by atoms with van der Waals surface area (Å²) < 4.78 is 19.0. The Morgan fingerprint density at radius 1 is 1.14 bits per heavy atom. The van der Waals surface area contributed by atoms with Gasteiger partial charge in [0, 0.05) is 11.5 Å². The molecule has 0 radical (unpaired) electrons. The average Bonchev–Trinajstić information content (AvgIpc) is 2.50. The van der Waals surface area contributed by atoms with E-state index in [1.165, 1.54) is 12.1 Å². The molecule has 1 aromatic heterocycles. The molecule has 0 aliphatic heterocycles. The first-order chi connectivity index (χ1) is 10.2. The van der Waals surface area contributed by atoms with Gasteiger partial charge >= 0.3 is 0 Å². The van der Waals surface area contributed by atoms with Crippen LogP contribution in [-0.2, 0) is 0 Å². The second kappa shape index (κ2) is 5.22. The Balaban J connectivity index is 2.11. The van der Waals surface area contributed by atoms with Crippen LogP contribution < -0.4 is 4.74 Å². The molecule has 0 aliphatic rings. The lowest BCUT2D eigenvalue weighted by Crippen LogP contribution is -1.95. The number of hydrogen-bond donors (Lipinski definition) is 0. The first kappa shape index (κ1) is 13.1. The highest BCUT2D eigenvalue weighted by atomic mass is 19.1. The van der Waals surface area contributed by atoms with Crippen LogP contribution in [0, 0.1) is 24.1 Å². The number of aromatic nitrogens is 1. The summed E-state index contributed by atoms with van der Waals surface area (Å²) in [5, 5.41) is 10.1. The summed E-state index contributed by atoms with van der Waals surface area (Å²) in [5.41, 5.74) is 1.81. The van der Waals surface area contributed by atoms with Crippen molar-refractivity contribution in [2.24, 2.45) is 0 Å². The standard InChI is InChI=1S/C17H11FN2O/c1-11-6-7-14(18)9-16(11)21-17-13(10-19)8-12-4-2-3-5-15(12)20-17/h2-9H,1H3. The van der Waals surface area contributed by atoms with Gasteiger partial charge in [0.1, 0.15) is 23.2 Å². The molecule has 3 nitrogen and oxygen atoms in total. The minimum atomic E-state index is -0.394. The number of para-hydroxylation sites is 1. The zero-order valence-corrected chi connectivity index (χ0v) is 11.3. The Morgan fingerprint density at radius 3 is 2.76 bits per heavy atom. The van der Waals surface area contributed by atoms with Crippen molar-refractivity contribution in [2.75, 3.05) is 0 Å². The van der Waals surface area contributed by atoms with Crippen LogP contribution in [0.25, 0.3) is 10.9 Å². The number of halogens is 1. The number of hydrogen-bond acceptors (Lipinski definition) is 3. The molecule has 4 heteroatoms. The van der Waals surface area contributed by atoms with Crippen molar-refractivity contribution in [3.8, 4) is 17.7 Å². The van der Waals surface area contributed by atoms with E-state index in [9.17, 15) is 9.65 Å². The van der Waals surface area contributed by atoms with E-state index in [2.05, 4.69) is 11.1 Å². The van der Waals surface area contributed by atoms with Crippen molar-refractivity contribution in [3.05, 3.63) is 65.5 Å². The van der Waals surface area contributed by atoms with Crippen LogP contribution >= 0.6 is 0 Å². The van der Waals surface area contributed by atoms with Crippen LogP contribution in [-0.4, -0.2) is 4.98 Å². The van der Waals surface area contributed by atoms with Gasteiger partial charge in [-0.15, -0.1) is 0 Å². The molecule has 0 spiro atoms. The molecule has 1 heterocycles. The van der Waals surface area contributed by atoms with E-state index in [-0.39, 0.29) is 5.88 Å². The molecule has 0 aliphatic carbocycles. The molecule has 0 saturated heterocycles. The summed E-state index contributed by atoms with van der Waals surface area (Å²) >= 11 is 0. The monoisotopic (exact) mass is 278 g/mol. The third kappa shape index (κ3) is 2.54. The molecule has 0 saturated carbocycles. The molecule has 0 fully saturated rings.